The molecule has 0 bridgehead atoms. The molecule has 2 N–H and O–H groups in total. The Balaban J connectivity index is 1.38. The number of aryl methyl sites for hydroxylation is 1. The van der Waals surface area contributed by atoms with Gasteiger partial charge in [-0.05, 0) is 67.1 Å². The van der Waals surface area contributed by atoms with Crippen LogP contribution in [0.25, 0.3) is 0 Å². The van der Waals surface area contributed by atoms with Gasteiger partial charge in [-0.1, -0.05) is 31.2 Å². The molecule has 33 heavy (non-hydrogen) atoms. The second kappa shape index (κ2) is 10.1. The van der Waals surface area contributed by atoms with Gasteiger partial charge >= 0.3 is 10.2 Å². The average molecular weight is 466 g/mol. The van der Waals surface area contributed by atoms with E-state index in [0.717, 1.165) is 17.7 Å². The lowest BCUT2D eigenvalue weighted by atomic mass is 9.89. The van der Waals surface area contributed by atoms with E-state index in [2.05, 4.69) is 20.0 Å². The van der Waals surface area contributed by atoms with Crippen LogP contribution in [0, 0.1) is 0 Å². The van der Waals surface area contributed by atoms with Crippen molar-refractivity contribution < 1.29 is 13.2 Å². The van der Waals surface area contributed by atoms with Gasteiger partial charge in [-0.25, -0.2) is 9.97 Å². The monoisotopic (exact) mass is 465 g/mol. The first-order valence-corrected chi connectivity index (χ1v) is 12.4. The van der Waals surface area contributed by atoms with Gasteiger partial charge < -0.3 is 5.32 Å². The largest absolute Gasteiger partial charge is 0.307 e. The molecule has 1 fully saturated rings. The number of hydrogen-bond donors (Lipinski definition) is 2. The first-order chi connectivity index (χ1) is 15.9. The van der Waals surface area contributed by atoms with Gasteiger partial charge in [0.1, 0.15) is 11.6 Å². The summed E-state index contributed by atoms with van der Waals surface area (Å²) in [5.41, 5.74) is 2.42. The molecule has 0 saturated carbocycles. The summed E-state index contributed by atoms with van der Waals surface area (Å²) in [5.74, 6) is 0.795. The Morgan fingerprint density at radius 2 is 1.79 bits per heavy atom. The molecule has 2 aromatic heterocycles. The summed E-state index contributed by atoms with van der Waals surface area (Å²) in [6.07, 6.45) is 3.71. The number of rotatable bonds is 7. The number of hydrogen-bond acceptors (Lipinski definition) is 5. The first kappa shape index (κ1) is 22.9. The van der Waals surface area contributed by atoms with Crippen LogP contribution in [0.5, 0.6) is 0 Å². The van der Waals surface area contributed by atoms with Crippen molar-refractivity contribution in [3.63, 3.8) is 0 Å². The average Bonchev–Trinajstić information content (AvgIpc) is 2.84. The minimum Gasteiger partial charge on any atom is -0.307 e. The van der Waals surface area contributed by atoms with Crippen LogP contribution >= 0.6 is 0 Å². The third-order valence-corrected chi connectivity index (χ3v) is 7.24. The number of piperidine rings is 1. The fraction of sp³-hybridized carbons (Fsp3) is 0.292. The maximum Gasteiger partial charge on any atom is 0.302 e. The number of nitrogens with zero attached hydrogens (tertiary/aromatic N) is 3. The van der Waals surface area contributed by atoms with Crippen LogP contribution in [0.3, 0.4) is 0 Å². The number of benzene rings is 1. The van der Waals surface area contributed by atoms with Gasteiger partial charge in [-0.3, -0.25) is 9.52 Å². The SMILES string of the molecule is CCc1cccc(NS(=O)(=O)N2CCC(c3cccc(C(=O)Nc4ccccn4)c3)CC2)n1. The minimum absolute atomic E-state index is 0.181. The lowest BCUT2D eigenvalue weighted by molar-refractivity contribution is 0.102. The number of nitrogens with one attached hydrogen (secondary N) is 2. The fourth-order valence-electron chi connectivity index (χ4n) is 3.92. The molecule has 0 aliphatic carbocycles. The minimum atomic E-state index is -3.67. The third-order valence-electron chi connectivity index (χ3n) is 5.72. The number of pyridine rings is 2. The molecular formula is C24H27N5O3S. The number of aromatic nitrogens is 2. The number of anilines is 2. The van der Waals surface area contributed by atoms with E-state index in [1.165, 1.54) is 4.31 Å². The summed E-state index contributed by atoms with van der Waals surface area (Å²) < 4.78 is 29.7. The number of carbonyl (C=O) groups excluding carboxylic acids is 1. The maximum atomic E-state index is 12.8. The van der Waals surface area contributed by atoms with Gasteiger partial charge in [0.2, 0.25) is 0 Å². The Morgan fingerprint density at radius 3 is 2.52 bits per heavy atom. The van der Waals surface area contributed by atoms with Crippen LogP contribution < -0.4 is 10.0 Å². The Morgan fingerprint density at radius 1 is 1.03 bits per heavy atom. The van der Waals surface area contributed by atoms with Gasteiger partial charge in [-0.2, -0.15) is 12.7 Å². The maximum absolute atomic E-state index is 12.8. The van der Waals surface area contributed by atoms with Crippen molar-refractivity contribution in [1.29, 1.82) is 0 Å². The number of carbonyl (C=O) groups is 1. The molecule has 8 nitrogen and oxygen atoms in total. The van der Waals surface area contributed by atoms with Crippen LogP contribution in [0.1, 0.15) is 47.3 Å². The van der Waals surface area contributed by atoms with Gasteiger partial charge in [0.05, 0.1) is 0 Å². The predicted octanol–water partition coefficient (Wildman–Crippen LogP) is 3.83. The van der Waals surface area contributed by atoms with Crippen molar-refractivity contribution in [1.82, 2.24) is 14.3 Å². The van der Waals surface area contributed by atoms with E-state index in [9.17, 15) is 13.2 Å². The molecule has 1 saturated heterocycles. The molecule has 1 amide bonds. The summed E-state index contributed by atoms with van der Waals surface area (Å²) in [4.78, 5) is 21.1. The summed E-state index contributed by atoms with van der Waals surface area (Å²) in [7, 11) is -3.67. The molecule has 0 spiro atoms. The summed E-state index contributed by atoms with van der Waals surface area (Å²) in [6, 6.07) is 18.2. The van der Waals surface area contributed by atoms with E-state index in [4.69, 9.17) is 0 Å². The van der Waals surface area contributed by atoms with Crippen molar-refractivity contribution >= 4 is 27.8 Å². The predicted molar refractivity (Wildman–Crippen MR) is 128 cm³/mol. The molecule has 1 aliphatic rings. The lowest BCUT2D eigenvalue weighted by Gasteiger charge is -2.31. The molecule has 0 atom stereocenters. The second-order valence-corrected chi connectivity index (χ2v) is 9.61. The smallest absolute Gasteiger partial charge is 0.302 e. The normalized spacial score (nSPS) is 15.2. The van der Waals surface area contributed by atoms with E-state index < -0.39 is 10.2 Å². The van der Waals surface area contributed by atoms with E-state index >= 15 is 0 Å². The molecule has 172 valence electrons. The zero-order valence-electron chi connectivity index (χ0n) is 18.4. The molecule has 9 heteroatoms. The Kier molecular flexibility index (Phi) is 7.00. The van der Waals surface area contributed by atoms with Crippen LogP contribution in [0.15, 0.2) is 66.9 Å². The highest BCUT2D eigenvalue weighted by atomic mass is 32.2. The highest BCUT2D eigenvalue weighted by Gasteiger charge is 2.29. The van der Waals surface area contributed by atoms with E-state index in [1.807, 2.05) is 37.3 Å². The third kappa shape index (κ3) is 5.74. The molecule has 1 aromatic carbocycles. The van der Waals surface area contributed by atoms with E-state index in [-0.39, 0.29) is 11.8 Å². The Bertz CT molecular complexity index is 1210. The van der Waals surface area contributed by atoms with Crippen LogP contribution in [-0.4, -0.2) is 41.7 Å². The molecule has 1 aliphatic heterocycles. The zero-order chi connectivity index (χ0) is 23.3. The van der Waals surface area contributed by atoms with Crippen LogP contribution in [-0.2, 0) is 16.6 Å². The topological polar surface area (TPSA) is 104 Å². The lowest BCUT2D eigenvalue weighted by Crippen LogP contribution is -2.41. The van der Waals surface area contributed by atoms with Crippen molar-refractivity contribution in [3.05, 3.63) is 83.7 Å². The van der Waals surface area contributed by atoms with Crippen molar-refractivity contribution in [2.45, 2.75) is 32.1 Å². The van der Waals surface area contributed by atoms with Gasteiger partial charge in [0, 0.05) is 30.5 Å². The quantitative estimate of drug-likeness (QED) is 0.552. The van der Waals surface area contributed by atoms with E-state index in [1.54, 1.807) is 36.5 Å². The van der Waals surface area contributed by atoms with Crippen LogP contribution in [0.2, 0.25) is 0 Å². The number of amides is 1. The Hall–Kier alpha value is -3.30. The zero-order valence-corrected chi connectivity index (χ0v) is 19.3. The summed E-state index contributed by atoms with van der Waals surface area (Å²) in [6.45, 7) is 2.78. The molecule has 0 unspecified atom stereocenters. The highest BCUT2D eigenvalue weighted by Crippen LogP contribution is 2.30. The van der Waals surface area contributed by atoms with Crippen LogP contribution in [0.4, 0.5) is 11.6 Å². The van der Waals surface area contributed by atoms with Crippen molar-refractivity contribution in [3.8, 4) is 0 Å². The second-order valence-electron chi connectivity index (χ2n) is 7.94. The molecule has 0 radical (unpaired) electrons. The van der Waals surface area contributed by atoms with E-state index in [0.29, 0.717) is 43.1 Å². The van der Waals surface area contributed by atoms with Crippen molar-refractivity contribution in [2.24, 2.45) is 0 Å². The van der Waals surface area contributed by atoms with Gasteiger partial charge in [-0.15, -0.1) is 0 Å². The summed E-state index contributed by atoms with van der Waals surface area (Å²) >= 11 is 0. The summed E-state index contributed by atoms with van der Waals surface area (Å²) in [5, 5.41) is 2.79. The van der Waals surface area contributed by atoms with Gasteiger partial charge in [0.15, 0.2) is 0 Å². The standard InChI is InChI=1S/C24H27N5O3S/c1-2-21-9-6-11-23(26-21)28-33(31,32)29-15-12-18(13-16-29)19-7-5-8-20(17-19)24(30)27-22-10-3-4-14-25-22/h3-11,14,17-18H,2,12-13,15-16H2,1H3,(H,26,28)(H,25,27,30). The van der Waals surface area contributed by atoms with Gasteiger partial charge in [0.25, 0.3) is 5.91 Å². The first-order valence-electron chi connectivity index (χ1n) is 11.0. The molecule has 3 aromatic rings. The Labute approximate surface area is 194 Å². The van der Waals surface area contributed by atoms with Crippen molar-refractivity contribution in [2.75, 3.05) is 23.1 Å². The molecule has 4 rings (SSSR count). The fourth-order valence-corrected chi connectivity index (χ4v) is 5.12. The highest BCUT2D eigenvalue weighted by molar-refractivity contribution is 7.90. The molecule has 3 heterocycles. The molecular weight excluding hydrogens is 438 g/mol.